The van der Waals surface area contributed by atoms with Gasteiger partial charge in [0.05, 0.1) is 18.7 Å². The molecule has 0 saturated carbocycles. The Morgan fingerprint density at radius 3 is 2.56 bits per heavy atom. The van der Waals surface area contributed by atoms with Crippen LogP contribution in [0.1, 0.15) is 27.9 Å². The molecule has 4 heteroatoms. The van der Waals surface area contributed by atoms with Gasteiger partial charge in [-0.05, 0) is 37.5 Å². The van der Waals surface area contributed by atoms with Crippen molar-refractivity contribution < 1.29 is 14.3 Å². The van der Waals surface area contributed by atoms with Crippen LogP contribution >= 0.6 is 0 Å². The van der Waals surface area contributed by atoms with Gasteiger partial charge in [-0.25, -0.2) is 0 Å². The average molecular weight is 251 g/mol. The van der Waals surface area contributed by atoms with Crippen molar-refractivity contribution in [3.05, 3.63) is 28.8 Å². The highest BCUT2D eigenvalue weighted by Crippen LogP contribution is 2.25. The van der Waals surface area contributed by atoms with Gasteiger partial charge >= 0.3 is 0 Å². The van der Waals surface area contributed by atoms with Crippen LogP contribution in [0.4, 0.5) is 0 Å². The maximum absolute atomic E-state index is 12.3. The van der Waals surface area contributed by atoms with Gasteiger partial charge in [0.1, 0.15) is 5.75 Å². The number of carbonyl (C=O) groups is 1. The van der Waals surface area contributed by atoms with E-state index >= 15 is 0 Å². The summed E-state index contributed by atoms with van der Waals surface area (Å²) in [5.41, 5.74) is 8.41. The lowest BCUT2D eigenvalue weighted by Gasteiger charge is -2.16. The van der Waals surface area contributed by atoms with Crippen LogP contribution < -0.4 is 10.5 Å². The molecule has 0 saturated heterocycles. The minimum Gasteiger partial charge on any atom is -0.496 e. The van der Waals surface area contributed by atoms with Gasteiger partial charge in [-0.3, -0.25) is 4.79 Å². The minimum atomic E-state index is -0.555. The van der Waals surface area contributed by atoms with Gasteiger partial charge in [-0.1, -0.05) is 6.07 Å². The van der Waals surface area contributed by atoms with Crippen LogP contribution in [0, 0.1) is 13.8 Å². The number of ether oxygens (including phenoxy) is 2. The van der Waals surface area contributed by atoms with Gasteiger partial charge in [0.25, 0.3) is 0 Å². The summed E-state index contributed by atoms with van der Waals surface area (Å²) in [6.07, 6.45) is 0.506. The topological polar surface area (TPSA) is 61.5 Å². The first kappa shape index (κ1) is 14.7. The molecule has 4 nitrogen and oxygen atoms in total. The number of carbonyl (C=O) groups excluding carboxylic acids is 1. The van der Waals surface area contributed by atoms with E-state index in [9.17, 15) is 4.79 Å². The molecule has 0 radical (unpaired) electrons. The van der Waals surface area contributed by atoms with Gasteiger partial charge < -0.3 is 15.2 Å². The normalized spacial score (nSPS) is 12.3. The molecule has 1 unspecified atom stereocenters. The molecular formula is C14H21NO3. The van der Waals surface area contributed by atoms with Crippen molar-refractivity contribution in [1.29, 1.82) is 0 Å². The lowest BCUT2D eigenvalue weighted by molar-refractivity contribution is 0.0932. The van der Waals surface area contributed by atoms with Crippen LogP contribution in [0.2, 0.25) is 0 Å². The molecule has 0 bridgehead atoms. The monoisotopic (exact) mass is 251 g/mol. The molecule has 0 amide bonds. The summed E-state index contributed by atoms with van der Waals surface area (Å²) < 4.78 is 10.2. The Hall–Kier alpha value is -1.39. The number of Topliss-reactive ketones (excluding diaryl/α,β-unsaturated/α-hetero) is 1. The second kappa shape index (κ2) is 6.52. The Morgan fingerprint density at radius 2 is 2.00 bits per heavy atom. The van der Waals surface area contributed by atoms with E-state index in [0.717, 1.165) is 11.1 Å². The molecule has 0 aliphatic carbocycles. The third-order valence-corrected chi connectivity index (χ3v) is 2.88. The van der Waals surface area contributed by atoms with E-state index in [1.807, 2.05) is 26.0 Å². The van der Waals surface area contributed by atoms with E-state index in [-0.39, 0.29) is 5.78 Å². The highest BCUT2D eigenvalue weighted by molar-refractivity contribution is 6.03. The predicted molar refractivity (Wildman–Crippen MR) is 71.3 cm³/mol. The smallest absolute Gasteiger partial charge is 0.183 e. The molecule has 0 spiro atoms. The van der Waals surface area contributed by atoms with Crippen molar-refractivity contribution in [2.75, 3.05) is 20.8 Å². The molecule has 1 aromatic carbocycles. The Bertz CT molecular complexity index is 429. The van der Waals surface area contributed by atoms with E-state index < -0.39 is 6.04 Å². The van der Waals surface area contributed by atoms with Crippen molar-refractivity contribution in [3.63, 3.8) is 0 Å². The van der Waals surface area contributed by atoms with Crippen molar-refractivity contribution in [1.82, 2.24) is 0 Å². The molecule has 0 heterocycles. The predicted octanol–water partition coefficient (Wildman–Crippen LogP) is 1.86. The molecule has 1 rings (SSSR count). The van der Waals surface area contributed by atoms with Crippen LogP contribution in [0.5, 0.6) is 5.75 Å². The summed E-state index contributed by atoms with van der Waals surface area (Å²) in [5, 5.41) is 0. The summed E-state index contributed by atoms with van der Waals surface area (Å²) in [7, 11) is 3.15. The molecule has 100 valence electrons. The van der Waals surface area contributed by atoms with E-state index in [0.29, 0.717) is 24.3 Å². The zero-order chi connectivity index (χ0) is 13.7. The lowest BCUT2D eigenvalue weighted by atomic mass is 9.96. The third-order valence-electron chi connectivity index (χ3n) is 2.88. The van der Waals surface area contributed by atoms with E-state index in [1.165, 1.54) is 0 Å². The van der Waals surface area contributed by atoms with E-state index in [4.69, 9.17) is 15.2 Å². The van der Waals surface area contributed by atoms with Gasteiger partial charge in [-0.15, -0.1) is 0 Å². The maximum Gasteiger partial charge on any atom is 0.183 e. The first-order valence-corrected chi connectivity index (χ1v) is 5.95. The van der Waals surface area contributed by atoms with Gasteiger partial charge in [-0.2, -0.15) is 0 Å². The summed E-state index contributed by atoms with van der Waals surface area (Å²) in [6, 6.07) is 3.25. The molecular weight excluding hydrogens is 230 g/mol. The Kier molecular flexibility index (Phi) is 5.31. The number of hydrogen-bond acceptors (Lipinski definition) is 4. The molecule has 0 aliphatic rings. The number of ketones is 1. The molecule has 18 heavy (non-hydrogen) atoms. The number of aryl methyl sites for hydroxylation is 2. The molecule has 0 fully saturated rings. The largest absolute Gasteiger partial charge is 0.496 e. The fourth-order valence-electron chi connectivity index (χ4n) is 1.97. The summed E-state index contributed by atoms with van der Waals surface area (Å²) >= 11 is 0. The number of hydrogen-bond donors (Lipinski definition) is 1. The van der Waals surface area contributed by atoms with Crippen molar-refractivity contribution >= 4 is 5.78 Å². The third kappa shape index (κ3) is 3.31. The molecule has 2 N–H and O–H groups in total. The van der Waals surface area contributed by atoms with Crippen LogP contribution in [-0.4, -0.2) is 32.7 Å². The Balaban J connectivity index is 3.04. The average Bonchev–Trinajstić information content (AvgIpc) is 2.34. The van der Waals surface area contributed by atoms with Gasteiger partial charge in [0.2, 0.25) is 0 Å². The highest BCUT2D eigenvalue weighted by atomic mass is 16.5. The van der Waals surface area contributed by atoms with E-state index in [1.54, 1.807) is 14.2 Å². The fraction of sp³-hybridized carbons (Fsp3) is 0.500. The molecule has 0 aromatic heterocycles. The first-order chi connectivity index (χ1) is 8.51. The lowest BCUT2D eigenvalue weighted by Crippen LogP contribution is -2.32. The number of methoxy groups -OCH3 is 2. The second-order valence-corrected chi connectivity index (χ2v) is 4.41. The summed E-state index contributed by atoms with van der Waals surface area (Å²) in [4.78, 5) is 12.3. The zero-order valence-corrected chi connectivity index (χ0v) is 11.4. The number of rotatable bonds is 6. The second-order valence-electron chi connectivity index (χ2n) is 4.41. The summed E-state index contributed by atoms with van der Waals surface area (Å²) in [6.45, 7) is 4.33. The highest BCUT2D eigenvalue weighted by Gasteiger charge is 2.21. The molecule has 1 atom stereocenters. The molecule has 1 aromatic rings. The number of benzene rings is 1. The van der Waals surface area contributed by atoms with Crippen LogP contribution in [-0.2, 0) is 4.74 Å². The van der Waals surface area contributed by atoms with Gasteiger partial charge in [0, 0.05) is 13.7 Å². The van der Waals surface area contributed by atoms with E-state index in [2.05, 4.69) is 0 Å². The van der Waals surface area contributed by atoms with Crippen molar-refractivity contribution in [3.8, 4) is 5.75 Å². The standard InChI is InChI=1S/C14H21NO3/c1-9-7-10(2)13(12(8-9)18-4)14(16)11(15)5-6-17-3/h7-8,11H,5-6,15H2,1-4H3. The van der Waals surface area contributed by atoms with Crippen LogP contribution in [0.25, 0.3) is 0 Å². The molecule has 0 aliphatic heterocycles. The SMILES string of the molecule is COCCC(N)C(=O)c1c(C)cc(C)cc1OC. The van der Waals surface area contributed by atoms with Gasteiger partial charge in [0.15, 0.2) is 5.78 Å². The fourth-order valence-corrected chi connectivity index (χ4v) is 1.97. The number of nitrogens with two attached hydrogens (primary N) is 1. The van der Waals surface area contributed by atoms with Crippen LogP contribution in [0.15, 0.2) is 12.1 Å². The maximum atomic E-state index is 12.3. The Morgan fingerprint density at radius 1 is 1.33 bits per heavy atom. The quantitative estimate of drug-likeness (QED) is 0.784. The first-order valence-electron chi connectivity index (χ1n) is 5.95. The van der Waals surface area contributed by atoms with Crippen molar-refractivity contribution in [2.24, 2.45) is 5.73 Å². The zero-order valence-electron chi connectivity index (χ0n) is 11.4. The van der Waals surface area contributed by atoms with Crippen LogP contribution in [0.3, 0.4) is 0 Å². The minimum absolute atomic E-state index is 0.0959. The summed E-state index contributed by atoms with van der Waals surface area (Å²) in [5.74, 6) is 0.492. The Labute approximate surface area is 108 Å². The van der Waals surface area contributed by atoms with Crippen molar-refractivity contribution in [2.45, 2.75) is 26.3 Å².